The molecule has 1 aliphatic rings. The van der Waals surface area contributed by atoms with Crippen LogP contribution < -0.4 is 5.32 Å². The van der Waals surface area contributed by atoms with E-state index in [0.717, 1.165) is 11.4 Å². The van der Waals surface area contributed by atoms with Gasteiger partial charge in [-0.2, -0.15) is 0 Å². The predicted octanol–water partition coefficient (Wildman–Crippen LogP) is 3.42. The van der Waals surface area contributed by atoms with Crippen LogP contribution in [0.15, 0.2) is 36.0 Å². The third-order valence-electron chi connectivity index (χ3n) is 3.44. The molecule has 4 nitrogen and oxygen atoms in total. The molecule has 0 spiro atoms. The molecule has 112 valence electrons. The molecule has 5 heteroatoms. The molecule has 0 unspecified atom stereocenters. The van der Waals surface area contributed by atoms with Gasteiger partial charge in [-0.15, -0.1) is 0 Å². The number of rotatable bonds is 4. The zero-order chi connectivity index (χ0) is 15.4. The molecule has 0 fully saturated rings. The lowest BCUT2D eigenvalue weighted by molar-refractivity contribution is -0.152. The van der Waals surface area contributed by atoms with Crippen molar-refractivity contribution in [1.82, 2.24) is 0 Å². The number of nitrogens with one attached hydrogen (secondary N) is 1. The highest BCUT2D eigenvalue weighted by Gasteiger charge is 2.36. The minimum Gasteiger partial charge on any atom is -0.465 e. The molecule has 21 heavy (non-hydrogen) atoms. The second-order valence-corrected chi connectivity index (χ2v) is 5.50. The number of halogens is 1. The summed E-state index contributed by atoms with van der Waals surface area (Å²) in [4.78, 5) is 24.0. The summed E-state index contributed by atoms with van der Waals surface area (Å²) < 4.78 is 4.96. The van der Waals surface area contributed by atoms with Gasteiger partial charge < -0.3 is 10.1 Å². The Hall–Kier alpha value is -1.81. The van der Waals surface area contributed by atoms with Crippen molar-refractivity contribution in [2.24, 2.45) is 11.8 Å². The van der Waals surface area contributed by atoms with Crippen molar-refractivity contribution in [1.29, 1.82) is 0 Å². The number of para-hydroxylation sites is 1. The number of carbonyl (C=O) groups excluding carboxylic acids is 2. The second-order valence-electron chi connectivity index (χ2n) is 5.09. The van der Waals surface area contributed by atoms with E-state index in [-0.39, 0.29) is 18.3 Å². The Labute approximate surface area is 129 Å². The Kier molecular flexibility index (Phi) is 5.02. The van der Waals surface area contributed by atoms with Crippen molar-refractivity contribution in [3.05, 3.63) is 41.1 Å². The van der Waals surface area contributed by atoms with Crippen LogP contribution in [-0.2, 0) is 14.3 Å². The van der Waals surface area contributed by atoms with Crippen LogP contribution in [0, 0.1) is 11.8 Å². The number of anilines is 1. The molecule has 0 radical (unpaired) electrons. The van der Waals surface area contributed by atoms with E-state index in [1.807, 2.05) is 25.1 Å². The van der Waals surface area contributed by atoms with Crippen molar-refractivity contribution in [3.8, 4) is 0 Å². The van der Waals surface area contributed by atoms with Gasteiger partial charge in [0.25, 0.3) is 0 Å². The Balaban J connectivity index is 2.14. The van der Waals surface area contributed by atoms with Gasteiger partial charge in [0.1, 0.15) is 5.92 Å². The van der Waals surface area contributed by atoms with E-state index < -0.39 is 11.9 Å². The number of hydrogen-bond acceptors (Lipinski definition) is 4. The van der Waals surface area contributed by atoms with Gasteiger partial charge in [0.05, 0.1) is 17.3 Å². The molecule has 0 amide bonds. The third kappa shape index (κ3) is 3.64. The lowest BCUT2D eigenvalue weighted by atomic mass is 9.82. The highest BCUT2D eigenvalue weighted by molar-refractivity contribution is 6.33. The fraction of sp³-hybridized carbons (Fsp3) is 0.375. The number of esters is 1. The molecule has 2 atom stereocenters. The van der Waals surface area contributed by atoms with E-state index in [0.29, 0.717) is 11.4 Å². The smallest absolute Gasteiger partial charge is 0.317 e. The van der Waals surface area contributed by atoms with E-state index in [2.05, 4.69) is 5.32 Å². The van der Waals surface area contributed by atoms with Crippen molar-refractivity contribution in [2.45, 2.75) is 20.3 Å². The largest absolute Gasteiger partial charge is 0.465 e. The zero-order valence-electron chi connectivity index (χ0n) is 12.1. The van der Waals surface area contributed by atoms with Gasteiger partial charge >= 0.3 is 5.97 Å². The molecule has 1 aromatic rings. The molecule has 1 aliphatic carbocycles. The number of allylic oxidation sites excluding steroid dienone is 2. The van der Waals surface area contributed by atoms with Crippen LogP contribution in [0.3, 0.4) is 0 Å². The molecular formula is C16H18ClNO3. The van der Waals surface area contributed by atoms with Gasteiger partial charge in [0.2, 0.25) is 0 Å². The topological polar surface area (TPSA) is 55.4 Å². The fourth-order valence-corrected chi connectivity index (χ4v) is 2.65. The van der Waals surface area contributed by atoms with Crippen LogP contribution in [0.1, 0.15) is 20.3 Å². The maximum atomic E-state index is 12.2. The Morgan fingerprint density at radius 3 is 2.76 bits per heavy atom. The van der Waals surface area contributed by atoms with Gasteiger partial charge in [-0.25, -0.2) is 0 Å². The lowest BCUT2D eigenvalue weighted by Gasteiger charge is -2.26. The number of ketones is 1. The highest BCUT2D eigenvalue weighted by Crippen LogP contribution is 2.30. The van der Waals surface area contributed by atoms with Crippen molar-refractivity contribution < 1.29 is 14.3 Å². The van der Waals surface area contributed by atoms with E-state index in [4.69, 9.17) is 16.3 Å². The van der Waals surface area contributed by atoms with Crippen LogP contribution in [-0.4, -0.2) is 18.4 Å². The fourth-order valence-electron chi connectivity index (χ4n) is 2.47. The normalized spacial score (nSPS) is 21.7. The average molecular weight is 308 g/mol. The zero-order valence-corrected chi connectivity index (χ0v) is 12.8. The molecule has 0 saturated heterocycles. The average Bonchev–Trinajstić information content (AvgIpc) is 2.41. The van der Waals surface area contributed by atoms with E-state index in [1.54, 1.807) is 13.0 Å². The third-order valence-corrected chi connectivity index (χ3v) is 3.77. The van der Waals surface area contributed by atoms with Crippen LogP contribution in [0.5, 0.6) is 0 Å². The quantitative estimate of drug-likeness (QED) is 0.684. The van der Waals surface area contributed by atoms with E-state index in [1.165, 1.54) is 6.08 Å². The maximum Gasteiger partial charge on any atom is 0.317 e. The van der Waals surface area contributed by atoms with Crippen LogP contribution in [0.2, 0.25) is 5.02 Å². The monoisotopic (exact) mass is 307 g/mol. The second kappa shape index (κ2) is 6.76. The SMILES string of the molecule is CCOC(=O)[C@@H]1C(=O)C=C(Nc2ccccc2Cl)C[C@H]1C. The summed E-state index contributed by atoms with van der Waals surface area (Å²) in [5, 5.41) is 3.75. The molecule has 1 aromatic carbocycles. The summed E-state index contributed by atoms with van der Waals surface area (Å²) >= 11 is 6.09. The van der Waals surface area contributed by atoms with E-state index >= 15 is 0 Å². The highest BCUT2D eigenvalue weighted by atomic mass is 35.5. The number of ether oxygens (including phenoxy) is 1. The minimum absolute atomic E-state index is 0.105. The summed E-state index contributed by atoms with van der Waals surface area (Å²) in [6.07, 6.45) is 2.07. The standard InChI is InChI=1S/C16H18ClNO3/c1-3-21-16(20)15-10(2)8-11(9-14(15)19)18-13-7-5-4-6-12(13)17/h4-7,9-10,15,18H,3,8H2,1-2H3/t10-,15+/m1/s1. The molecule has 0 aliphatic heterocycles. The Bertz CT molecular complexity index is 583. The van der Waals surface area contributed by atoms with Crippen molar-refractivity contribution in [3.63, 3.8) is 0 Å². The van der Waals surface area contributed by atoms with Gasteiger partial charge in [-0.1, -0.05) is 30.7 Å². The summed E-state index contributed by atoms with van der Waals surface area (Å²) in [5.41, 5.74) is 1.51. The number of benzene rings is 1. The first-order valence-electron chi connectivity index (χ1n) is 6.95. The summed E-state index contributed by atoms with van der Waals surface area (Å²) in [6, 6.07) is 7.33. The van der Waals surface area contributed by atoms with Gasteiger partial charge in [0.15, 0.2) is 5.78 Å². The van der Waals surface area contributed by atoms with Crippen LogP contribution in [0.25, 0.3) is 0 Å². The van der Waals surface area contributed by atoms with Crippen molar-refractivity contribution in [2.75, 3.05) is 11.9 Å². The number of hydrogen-bond donors (Lipinski definition) is 1. The van der Waals surface area contributed by atoms with Crippen LogP contribution >= 0.6 is 11.6 Å². The molecule has 1 N–H and O–H groups in total. The predicted molar refractivity (Wildman–Crippen MR) is 82.1 cm³/mol. The molecule has 0 saturated carbocycles. The molecule has 0 aromatic heterocycles. The minimum atomic E-state index is -0.707. The Morgan fingerprint density at radius 1 is 1.43 bits per heavy atom. The lowest BCUT2D eigenvalue weighted by Crippen LogP contribution is -2.35. The first-order chi connectivity index (χ1) is 10.0. The molecular weight excluding hydrogens is 290 g/mol. The first kappa shape index (κ1) is 15.6. The van der Waals surface area contributed by atoms with Gasteiger partial charge in [-0.05, 0) is 31.4 Å². The summed E-state index contributed by atoms with van der Waals surface area (Å²) in [7, 11) is 0. The first-order valence-corrected chi connectivity index (χ1v) is 7.33. The van der Waals surface area contributed by atoms with Crippen molar-refractivity contribution >= 4 is 29.0 Å². The Morgan fingerprint density at radius 2 is 2.14 bits per heavy atom. The molecule has 0 heterocycles. The molecule has 0 bridgehead atoms. The van der Waals surface area contributed by atoms with Gasteiger partial charge in [0, 0.05) is 11.8 Å². The summed E-state index contributed by atoms with van der Waals surface area (Å²) in [5.74, 6) is -1.47. The van der Waals surface area contributed by atoms with E-state index in [9.17, 15) is 9.59 Å². The molecule has 2 rings (SSSR count). The maximum absolute atomic E-state index is 12.2. The van der Waals surface area contributed by atoms with Crippen LogP contribution in [0.4, 0.5) is 5.69 Å². The summed E-state index contributed by atoms with van der Waals surface area (Å²) in [6.45, 7) is 3.89. The number of carbonyl (C=O) groups is 2. The van der Waals surface area contributed by atoms with Gasteiger partial charge in [-0.3, -0.25) is 9.59 Å².